The van der Waals surface area contributed by atoms with E-state index in [1.165, 1.54) is 0 Å². The molecule has 1 rings (SSSR count). The molecule has 1 aliphatic carbocycles. The van der Waals surface area contributed by atoms with Crippen LogP contribution >= 0.6 is 0 Å². The molecule has 1 aliphatic rings. The summed E-state index contributed by atoms with van der Waals surface area (Å²) in [4.78, 5) is 21.4. The maximum absolute atomic E-state index is 11.2. The second kappa shape index (κ2) is 6.87. The fourth-order valence-corrected chi connectivity index (χ4v) is 1.62. The summed E-state index contributed by atoms with van der Waals surface area (Å²) in [6.07, 6.45) is 7.44. The Morgan fingerprint density at radius 3 is 2.75 bits per heavy atom. The van der Waals surface area contributed by atoms with E-state index in [1.807, 2.05) is 0 Å². The molecule has 0 bridgehead atoms. The molecule has 90 valence electrons. The van der Waals surface area contributed by atoms with Crippen molar-refractivity contribution in [3.63, 3.8) is 0 Å². The minimum Gasteiger partial charge on any atom is -0.481 e. The zero-order valence-electron chi connectivity index (χ0n) is 9.24. The third kappa shape index (κ3) is 5.38. The van der Waals surface area contributed by atoms with E-state index in [4.69, 9.17) is 5.11 Å². The summed E-state index contributed by atoms with van der Waals surface area (Å²) in [6.45, 7) is 0.828. The van der Waals surface area contributed by atoms with Crippen molar-refractivity contribution in [2.45, 2.75) is 25.7 Å². The van der Waals surface area contributed by atoms with E-state index in [1.54, 1.807) is 0 Å². The summed E-state index contributed by atoms with van der Waals surface area (Å²) >= 11 is 0. The first-order valence-corrected chi connectivity index (χ1v) is 5.57. The number of hydrogen-bond donors (Lipinski definition) is 3. The first-order valence-electron chi connectivity index (χ1n) is 5.57. The molecular formula is C11H18N2O3. The molecule has 0 aliphatic heterocycles. The summed E-state index contributed by atoms with van der Waals surface area (Å²) in [5.41, 5.74) is 0. The quantitative estimate of drug-likeness (QED) is 0.614. The number of urea groups is 1. The van der Waals surface area contributed by atoms with Crippen LogP contribution < -0.4 is 10.6 Å². The van der Waals surface area contributed by atoms with E-state index in [2.05, 4.69) is 22.8 Å². The largest absolute Gasteiger partial charge is 0.481 e. The van der Waals surface area contributed by atoms with Crippen LogP contribution in [0.25, 0.3) is 0 Å². The highest BCUT2D eigenvalue weighted by Crippen LogP contribution is 2.16. The summed E-state index contributed by atoms with van der Waals surface area (Å²) in [7, 11) is 0. The van der Waals surface area contributed by atoms with Gasteiger partial charge in [0.2, 0.25) is 0 Å². The fraction of sp³-hybridized carbons (Fsp3) is 0.636. The van der Waals surface area contributed by atoms with Gasteiger partial charge in [-0.25, -0.2) is 4.79 Å². The molecule has 3 N–H and O–H groups in total. The number of carbonyl (C=O) groups excluding carboxylic acids is 1. The summed E-state index contributed by atoms with van der Waals surface area (Å²) < 4.78 is 0. The zero-order valence-corrected chi connectivity index (χ0v) is 9.24. The maximum Gasteiger partial charge on any atom is 0.314 e. The Morgan fingerprint density at radius 2 is 2.12 bits per heavy atom. The number of rotatable bonds is 5. The minimum absolute atomic E-state index is 0.0421. The van der Waals surface area contributed by atoms with E-state index >= 15 is 0 Å². The normalized spacial score (nSPS) is 19.1. The third-order valence-corrected chi connectivity index (χ3v) is 2.55. The summed E-state index contributed by atoms with van der Waals surface area (Å²) in [5, 5.41) is 13.6. The molecule has 0 fully saturated rings. The first-order chi connectivity index (χ1) is 7.68. The lowest BCUT2D eigenvalue weighted by Crippen LogP contribution is -2.39. The average Bonchev–Trinajstić information content (AvgIpc) is 2.27. The van der Waals surface area contributed by atoms with Crippen LogP contribution in [0.4, 0.5) is 4.79 Å². The van der Waals surface area contributed by atoms with E-state index in [-0.39, 0.29) is 19.0 Å². The molecule has 0 aromatic rings. The number of carboxylic acid groups (broad SMARTS) is 1. The van der Waals surface area contributed by atoms with Gasteiger partial charge in [-0.15, -0.1) is 0 Å². The smallest absolute Gasteiger partial charge is 0.314 e. The van der Waals surface area contributed by atoms with Crippen molar-refractivity contribution < 1.29 is 14.7 Å². The Kier molecular flexibility index (Phi) is 5.39. The van der Waals surface area contributed by atoms with Gasteiger partial charge in [-0.2, -0.15) is 0 Å². The van der Waals surface area contributed by atoms with Gasteiger partial charge in [-0.05, 0) is 25.2 Å². The van der Waals surface area contributed by atoms with Gasteiger partial charge in [-0.1, -0.05) is 12.2 Å². The number of aliphatic carboxylic acids is 1. The van der Waals surface area contributed by atoms with Crippen molar-refractivity contribution >= 4 is 12.0 Å². The highest BCUT2D eigenvalue weighted by Gasteiger charge is 2.10. The third-order valence-electron chi connectivity index (χ3n) is 2.55. The van der Waals surface area contributed by atoms with Crippen molar-refractivity contribution in [2.75, 3.05) is 13.1 Å². The second-order valence-corrected chi connectivity index (χ2v) is 3.93. The summed E-state index contributed by atoms with van der Waals surface area (Å²) in [5.74, 6) is -0.395. The van der Waals surface area contributed by atoms with Crippen molar-refractivity contribution in [1.82, 2.24) is 10.6 Å². The molecule has 0 aromatic carbocycles. The van der Waals surface area contributed by atoms with E-state index in [0.29, 0.717) is 12.5 Å². The van der Waals surface area contributed by atoms with Crippen LogP contribution in [-0.4, -0.2) is 30.2 Å². The Labute approximate surface area is 94.9 Å². The Morgan fingerprint density at radius 1 is 1.31 bits per heavy atom. The lowest BCUT2D eigenvalue weighted by molar-refractivity contribution is -0.136. The van der Waals surface area contributed by atoms with Crippen LogP contribution in [0.3, 0.4) is 0 Å². The van der Waals surface area contributed by atoms with Crippen LogP contribution in [0.1, 0.15) is 25.7 Å². The molecule has 16 heavy (non-hydrogen) atoms. The SMILES string of the molecule is O=C(O)CCNC(=O)NCC1CC=CCC1. The van der Waals surface area contributed by atoms with Crippen LogP contribution in [0.2, 0.25) is 0 Å². The first kappa shape index (κ1) is 12.5. The lowest BCUT2D eigenvalue weighted by atomic mass is 9.94. The van der Waals surface area contributed by atoms with Gasteiger partial charge in [0.05, 0.1) is 6.42 Å². The van der Waals surface area contributed by atoms with Crippen LogP contribution in [0.15, 0.2) is 12.2 Å². The molecule has 5 nitrogen and oxygen atoms in total. The molecule has 0 aromatic heterocycles. The molecule has 0 radical (unpaired) electrons. The van der Waals surface area contributed by atoms with E-state index < -0.39 is 5.97 Å². The van der Waals surface area contributed by atoms with Crippen molar-refractivity contribution in [3.05, 3.63) is 12.2 Å². The van der Waals surface area contributed by atoms with Gasteiger partial charge < -0.3 is 15.7 Å². The van der Waals surface area contributed by atoms with Crippen molar-refractivity contribution in [3.8, 4) is 0 Å². The van der Waals surface area contributed by atoms with Gasteiger partial charge in [-0.3, -0.25) is 4.79 Å². The number of carbonyl (C=O) groups is 2. The van der Waals surface area contributed by atoms with Crippen molar-refractivity contribution in [1.29, 1.82) is 0 Å². The standard InChI is InChI=1S/C11H18N2O3/c14-10(15)6-7-12-11(16)13-8-9-4-2-1-3-5-9/h1-2,9H,3-8H2,(H,14,15)(H2,12,13,16). The van der Waals surface area contributed by atoms with Gasteiger partial charge in [0.25, 0.3) is 0 Å². The molecule has 1 unspecified atom stereocenters. The second-order valence-electron chi connectivity index (χ2n) is 3.93. The van der Waals surface area contributed by atoms with Crippen LogP contribution in [-0.2, 0) is 4.79 Å². The molecule has 0 spiro atoms. The summed E-state index contributed by atoms with van der Waals surface area (Å²) in [6, 6.07) is -0.282. The minimum atomic E-state index is -0.905. The number of amides is 2. The predicted octanol–water partition coefficient (Wildman–Crippen LogP) is 1.12. The average molecular weight is 226 g/mol. The lowest BCUT2D eigenvalue weighted by Gasteiger charge is -2.18. The topological polar surface area (TPSA) is 78.4 Å². The molecule has 2 amide bonds. The van der Waals surface area contributed by atoms with Crippen LogP contribution in [0.5, 0.6) is 0 Å². The van der Waals surface area contributed by atoms with E-state index in [9.17, 15) is 9.59 Å². The van der Waals surface area contributed by atoms with Gasteiger partial charge in [0.1, 0.15) is 0 Å². The molecule has 0 saturated carbocycles. The van der Waals surface area contributed by atoms with E-state index in [0.717, 1.165) is 19.3 Å². The zero-order chi connectivity index (χ0) is 11.8. The van der Waals surface area contributed by atoms with Crippen LogP contribution in [0, 0.1) is 5.92 Å². The molecule has 5 heteroatoms. The molecule has 1 atom stereocenters. The maximum atomic E-state index is 11.2. The van der Waals surface area contributed by atoms with Gasteiger partial charge >= 0.3 is 12.0 Å². The highest BCUT2D eigenvalue weighted by molar-refractivity contribution is 5.74. The number of nitrogens with one attached hydrogen (secondary N) is 2. The van der Waals surface area contributed by atoms with Gasteiger partial charge in [0, 0.05) is 13.1 Å². The monoisotopic (exact) mass is 226 g/mol. The molecule has 0 heterocycles. The molecule has 0 saturated heterocycles. The number of carboxylic acids is 1. The Bertz CT molecular complexity index is 276. The molecular weight excluding hydrogens is 208 g/mol. The number of hydrogen-bond acceptors (Lipinski definition) is 2. The Hall–Kier alpha value is -1.52. The number of allylic oxidation sites excluding steroid dienone is 2. The fourth-order valence-electron chi connectivity index (χ4n) is 1.62. The Balaban J connectivity index is 2.05. The highest BCUT2D eigenvalue weighted by atomic mass is 16.4. The predicted molar refractivity (Wildman–Crippen MR) is 60.1 cm³/mol. The van der Waals surface area contributed by atoms with Crippen molar-refractivity contribution in [2.24, 2.45) is 5.92 Å². The van der Waals surface area contributed by atoms with Gasteiger partial charge in [0.15, 0.2) is 0 Å².